The number of benzene rings is 2. The minimum Gasteiger partial charge on any atom is -0.507 e. The van der Waals surface area contributed by atoms with Crippen molar-refractivity contribution in [3.05, 3.63) is 54.1 Å². The summed E-state index contributed by atoms with van der Waals surface area (Å²) in [5.74, 6) is 0.374. The van der Waals surface area contributed by atoms with Crippen molar-refractivity contribution in [3.63, 3.8) is 0 Å². The summed E-state index contributed by atoms with van der Waals surface area (Å²) in [5.41, 5.74) is 2.85. The Hall–Kier alpha value is -1.76. The number of para-hydroxylation sites is 1. The summed E-state index contributed by atoms with van der Waals surface area (Å²) in [4.78, 5) is 0. The highest BCUT2D eigenvalue weighted by atomic mass is 16.3. The van der Waals surface area contributed by atoms with Crippen LogP contribution in [-0.2, 0) is 0 Å². The van der Waals surface area contributed by atoms with Crippen molar-refractivity contribution < 1.29 is 5.11 Å². The van der Waals surface area contributed by atoms with Crippen molar-refractivity contribution in [2.75, 3.05) is 0 Å². The SMILES string of the molecule is C.Cc1cccc(-c2ccccc2)c1O. The van der Waals surface area contributed by atoms with Crippen molar-refractivity contribution in [1.82, 2.24) is 0 Å². The third-order valence-corrected chi connectivity index (χ3v) is 2.32. The second kappa shape index (κ2) is 4.65. The Balaban J connectivity index is 0.00000112. The van der Waals surface area contributed by atoms with Crippen molar-refractivity contribution in [1.29, 1.82) is 0 Å². The van der Waals surface area contributed by atoms with Crippen LogP contribution in [0.15, 0.2) is 48.5 Å². The van der Waals surface area contributed by atoms with E-state index in [1.165, 1.54) is 0 Å². The number of rotatable bonds is 1. The van der Waals surface area contributed by atoms with Gasteiger partial charge in [-0.1, -0.05) is 56.0 Å². The van der Waals surface area contributed by atoms with Gasteiger partial charge in [0.05, 0.1) is 0 Å². The average Bonchev–Trinajstić information content (AvgIpc) is 2.23. The molecule has 0 amide bonds. The average molecular weight is 200 g/mol. The molecule has 0 unspecified atom stereocenters. The highest BCUT2D eigenvalue weighted by Gasteiger charge is 2.04. The normalized spacial score (nSPS) is 9.40. The van der Waals surface area contributed by atoms with Gasteiger partial charge in [0.25, 0.3) is 0 Å². The first kappa shape index (κ1) is 11.3. The number of hydrogen-bond donors (Lipinski definition) is 1. The van der Waals surface area contributed by atoms with Crippen LogP contribution in [0.5, 0.6) is 5.75 Å². The summed E-state index contributed by atoms with van der Waals surface area (Å²) in [7, 11) is 0. The first-order valence-electron chi connectivity index (χ1n) is 4.63. The largest absolute Gasteiger partial charge is 0.507 e. The molecule has 2 rings (SSSR count). The van der Waals surface area contributed by atoms with Crippen molar-refractivity contribution in [2.45, 2.75) is 14.4 Å². The van der Waals surface area contributed by atoms with Crippen LogP contribution in [0.3, 0.4) is 0 Å². The molecule has 0 aliphatic rings. The molecule has 0 aliphatic carbocycles. The molecule has 0 fully saturated rings. The van der Waals surface area contributed by atoms with E-state index in [0.29, 0.717) is 5.75 Å². The number of hydrogen-bond acceptors (Lipinski definition) is 1. The van der Waals surface area contributed by atoms with Crippen LogP contribution < -0.4 is 0 Å². The van der Waals surface area contributed by atoms with Gasteiger partial charge in [0.1, 0.15) is 5.75 Å². The summed E-state index contributed by atoms with van der Waals surface area (Å²) in [6.07, 6.45) is 0. The van der Waals surface area contributed by atoms with E-state index in [1.54, 1.807) is 0 Å². The molecule has 1 heteroatoms. The molecule has 0 saturated carbocycles. The molecule has 1 nitrogen and oxygen atoms in total. The zero-order valence-electron chi connectivity index (χ0n) is 8.07. The molecule has 0 aromatic heterocycles. The Labute approximate surface area is 91.0 Å². The van der Waals surface area contributed by atoms with E-state index >= 15 is 0 Å². The summed E-state index contributed by atoms with van der Waals surface area (Å²) in [6.45, 7) is 1.90. The van der Waals surface area contributed by atoms with E-state index in [9.17, 15) is 5.11 Å². The minimum absolute atomic E-state index is 0. The molecular formula is C14H16O. The standard InChI is InChI=1S/C13H12O.CH4/c1-10-6-5-9-12(13(10)14)11-7-3-2-4-8-11;/h2-9,14H,1H3;1H4. The third-order valence-electron chi connectivity index (χ3n) is 2.32. The van der Waals surface area contributed by atoms with E-state index in [4.69, 9.17) is 0 Å². The molecule has 0 aliphatic heterocycles. The Bertz CT molecular complexity index is 432. The van der Waals surface area contributed by atoms with E-state index in [1.807, 2.05) is 55.5 Å². The fourth-order valence-corrected chi connectivity index (χ4v) is 1.51. The Morgan fingerprint density at radius 1 is 0.867 bits per heavy atom. The smallest absolute Gasteiger partial charge is 0.126 e. The quantitative estimate of drug-likeness (QED) is 0.737. The Kier molecular flexibility index (Phi) is 3.51. The number of phenols is 1. The van der Waals surface area contributed by atoms with Crippen LogP contribution in [-0.4, -0.2) is 5.11 Å². The van der Waals surface area contributed by atoms with E-state index in [-0.39, 0.29) is 7.43 Å². The predicted molar refractivity (Wildman–Crippen MR) is 65.0 cm³/mol. The zero-order chi connectivity index (χ0) is 9.97. The van der Waals surface area contributed by atoms with Gasteiger partial charge in [0, 0.05) is 5.56 Å². The van der Waals surface area contributed by atoms with E-state index < -0.39 is 0 Å². The zero-order valence-corrected chi connectivity index (χ0v) is 8.07. The fraction of sp³-hybridized carbons (Fsp3) is 0.143. The van der Waals surface area contributed by atoms with Crippen molar-refractivity contribution in [3.8, 4) is 16.9 Å². The van der Waals surface area contributed by atoms with E-state index in [0.717, 1.165) is 16.7 Å². The monoisotopic (exact) mass is 200 g/mol. The topological polar surface area (TPSA) is 20.2 Å². The number of aryl methyl sites for hydroxylation is 1. The maximum atomic E-state index is 9.85. The van der Waals surface area contributed by atoms with Gasteiger partial charge in [-0.05, 0) is 18.1 Å². The second-order valence-electron chi connectivity index (χ2n) is 3.34. The summed E-state index contributed by atoms with van der Waals surface area (Å²) < 4.78 is 0. The summed E-state index contributed by atoms with van der Waals surface area (Å²) in [5, 5.41) is 9.85. The van der Waals surface area contributed by atoms with Gasteiger partial charge in [-0.25, -0.2) is 0 Å². The molecule has 0 atom stereocenters. The van der Waals surface area contributed by atoms with Crippen LogP contribution in [0.25, 0.3) is 11.1 Å². The molecule has 1 N–H and O–H groups in total. The lowest BCUT2D eigenvalue weighted by molar-refractivity contribution is 0.473. The maximum absolute atomic E-state index is 9.85. The summed E-state index contributed by atoms with van der Waals surface area (Å²) >= 11 is 0. The fourth-order valence-electron chi connectivity index (χ4n) is 1.51. The van der Waals surface area contributed by atoms with Crippen molar-refractivity contribution in [2.24, 2.45) is 0 Å². The van der Waals surface area contributed by atoms with Gasteiger partial charge in [-0.15, -0.1) is 0 Å². The van der Waals surface area contributed by atoms with Gasteiger partial charge in [0.15, 0.2) is 0 Å². The first-order valence-corrected chi connectivity index (χ1v) is 4.63. The molecule has 2 aromatic rings. The lowest BCUT2D eigenvalue weighted by Gasteiger charge is -2.06. The molecule has 0 spiro atoms. The Morgan fingerprint density at radius 3 is 2.20 bits per heavy atom. The number of aromatic hydroxyl groups is 1. The molecule has 78 valence electrons. The van der Waals surface area contributed by atoms with Crippen LogP contribution in [0, 0.1) is 6.92 Å². The number of phenolic OH excluding ortho intramolecular Hbond substituents is 1. The minimum atomic E-state index is 0. The lowest BCUT2D eigenvalue weighted by atomic mass is 10.0. The van der Waals surface area contributed by atoms with Gasteiger partial charge < -0.3 is 5.11 Å². The maximum Gasteiger partial charge on any atom is 0.126 e. The van der Waals surface area contributed by atoms with Crippen LogP contribution in [0.1, 0.15) is 13.0 Å². The lowest BCUT2D eigenvalue weighted by Crippen LogP contribution is -1.81. The highest BCUT2D eigenvalue weighted by Crippen LogP contribution is 2.31. The molecule has 15 heavy (non-hydrogen) atoms. The highest BCUT2D eigenvalue weighted by molar-refractivity contribution is 5.71. The third kappa shape index (κ3) is 2.18. The Morgan fingerprint density at radius 2 is 1.53 bits per heavy atom. The van der Waals surface area contributed by atoms with Crippen LogP contribution >= 0.6 is 0 Å². The molecule has 0 bridgehead atoms. The molecule has 0 saturated heterocycles. The molecule has 0 heterocycles. The van der Waals surface area contributed by atoms with Gasteiger partial charge in [-0.2, -0.15) is 0 Å². The van der Waals surface area contributed by atoms with Gasteiger partial charge in [-0.3, -0.25) is 0 Å². The first-order chi connectivity index (χ1) is 6.79. The van der Waals surface area contributed by atoms with Crippen molar-refractivity contribution >= 4 is 0 Å². The summed E-state index contributed by atoms with van der Waals surface area (Å²) in [6, 6.07) is 15.7. The molecule has 2 aromatic carbocycles. The molecular weight excluding hydrogens is 184 g/mol. The predicted octanol–water partition coefficient (Wildman–Crippen LogP) is 4.00. The van der Waals surface area contributed by atoms with E-state index in [2.05, 4.69) is 0 Å². The van der Waals surface area contributed by atoms with Crippen LogP contribution in [0.2, 0.25) is 0 Å². The van der Waals surface area contributed by atoms with Crippen LogP contribution in [0.4, 0.5) is 0 Å². The van der Waals surface area contributed by atoms with Gasteiger partial charge >= 0.3 is 0 Å². The van der Waals surface area contributed by atoms with Gasteiger partial charge in [0.2, 0.25) is 0 Å². The second-order valence-corrected chi connectivity index (χ2v) is 3.34. The molecule has 0 radical (unpaired) electrons.